The number of hydrogen-bond donors (Lipinski definition) is 2. The van der Waals surface area contributed by atoms with Gasteiger partial charge in [-0.05, 0) is 48.5 Å². The minimum atomic E-state index is -0.707. The van der Waals surface area contributed by atoms with E-state index in [-0.39, 0.29) is 23.2 Å². The number of halogens is 1. The van der Waals surface area contributed by atoms with Gasteiger partial charge in [-0.3, -0.25) is 14.2 Å². The number of anilines is 1. The van der Waals surface area contributed by atoms with Gasteiger partial charge in [-0.25, -0.2) is 14.4 Å². The molecule has 0 unspecified atom stereocenters. The van der Waals surface area contributed by atoms with Crippen LogP contribution in [0.15, 0.2) is 67.0 Å². The third-order valence-electron chi connectivity index (χ3n) is 4.76. The maximum atomic E-state index is 15.0. The van der Waals surface area contributed by atoms with Crippen LogP contribution in [0.3, 0.4) is 0 Å². The first-order valence-corrected chi connectivity index (χ1v) is 10.1. The van der Waals surface area contributed by atoms with Gasteiger partial charge in [0.05, 0.1) is 7.11 Å². The Labute approximate surface area is 194 Å². The average molecular weight is 461 g/mol. The van der Waals surface area contributed by atoms with Gasteiger partial charge < -0.3 is 20.5 Å². The number of benzene rings is 2. The summed E-state index contributed by atoms with van der Waals surface area (Å²) < 4.78 is 27.4. The van der Waals surface area contributed by atoms with Crippen LogP contribution < -0.4 is 20.5 Å². The van der Waals surface area contributed by atoms with E-state index >= 15 is 0 Å². The molecule has 0 bridgehead atoms. The number of rotatable bonds is 7. The molecule has 172 valence electrons. The first-order chi connectivity index (χ1) is 16.3. The SMILES string of the molecule is COc1ccc(-n2cc(C(N)=O)nc2-c2ccc(Oc3ccnc(NC(C)=O)c3)c(F)c2)cc1. The lowest BCUT2D eigenvalue weighted by atomic mass is 10.2. The molecule has 0 aliphatic carbocycles. The molecule has 0 atom stereocenters. The van der Waals surface area contributed by atoms with E-state index in [1.807, 2.05) is 0 Å². The fraction of sp³-hybridized carbons (Fsp3) is 0.0833. The Morgan fingerprint density at radius 2 is 1.82 bits per heavy atom. The molecule has 3 N–H and O–H groups in total. The number of hydrogen-bond acceptors (Lipinski definition) is 6. The van der Waals surface area contributed by atoms with Crippen LogP contribution in [0.1, 0.15) is 17.4 Å². The molecule has 0 saturated heterocycles. The van der Waals surface area contributed by atoms with Crippen molar-refractivity contribution in [3.05, 3.63) is 78.5 Å². The number of primary amides is 1. The number of nitrogens with zero attached hydrogens (tertiary/aromatic N) is 3. The summed E-state index contributed by atoms with van der Waals surface area (Å²) in [6.07, 6.45) is 2.92. The Balaban J connectivity index is 1.67. The quantitative estimate of drug-likeness (QED) is 0.430. The van der Waals surface area contributed by atoms with Crippen LogP contribution in [0.5, 0.6) is 17.2 Å². The highest BCUT2D eigenvalue weighted by Crippen LogP contribution is 2.31. The number of nitrogens with one attached hydrogen (secondary N) is 1. The zero-order chi connectivity index (χ0) is 24.2. The fourth-order valence-electron chi connectivity index (χ4n) is 3.22. The Bertz CT molecular complexity index is 1370. The van der Waals surface area contributed by atoms with Crippen molar-refractivity contribution in [2.24, 2.45) is 5.73 Å². The molecule has 4 rings (SSSR count). The summed E-state index contributed by atoms with van der Waals surface area (Å²) in [6, 6.07) is 14.4. The van der Waals surface area contributed by atoms with Crippen LogP contribution in [0.25, 0.3) is 17.1 Å². The second-order valence-corrected chi connectivity index (χ2v) is 7.19. The van der Waals surface area contributed by atoms with Crippen molar-refractivity contribution in [1.82, 2.24) is 14.5 Å². The van der Waals surface area contributed by atoms with Gasteiger partial charge in [-0.2, -0.15) is 0 Å². The predicted molar refractivity (Wildman–Crippen MR) is 123 cm³/mol. The molecule has 2 aromatic heterocycles. The van der Waals surface area contributed by atoms with E-state index in [0.29, 0.717) is 28.6 Å². The number of nitrogens with two attached hydrogens (primary N) is 1. The second kappa shape index (κ2) is 9.41. The highest BCUT2D eigenvalue weighted by molar-refractivity contribution is 5.91. The van der Waals surface area contributed by atoms with Crippen molar-refractivity contribution in [2.75, 3.05) is 12.4 Å². The average Bonchev–Trinajstić information content (AvgIpc) is 3.26. The van der Waals surface area contributed by atoms with Gasteiger partial charge in [0, 0.05) is 36.6 Å². The molecule has 2 amide bonds. The third kappa shape index (κ3) is 4.85. The van der Waals surface area contributed by atoms with Crippen LogP contribution in [0.4, 0.5) is 10.2 Å². The number of amides is 2. The molecule has 0 aliphatic heterocycles. The van der Waals surface area contributed by atoms with Crippen LogP contribution in [-0.2, 0) is 4.79 Å². The summed E-state index contributed by atoms with van der Waals surface area (Å²) in [5.74, 6) is -0.137. The van der Waals surface area contributed by atoms with E-state index in [4.69, 9.17) is 15.2 Å². The highest BCUT2D eigenvalue weighted by atomic mass is 19.1. The predicted octanol–water partition coefficient (Wildman–Crippen LogP) is 3.93. The molecule has 9 nitrogen and oxygen atoms in total. The van der Waals surface area contributed by atoms with Crippen molar-refractivity contribution in [1.29, 1.82) is 0 Å². The molecule has 4 aromatic rings. The second-order valence-electron chi connectivity index (χ2n) is 7.19. The number of imidazole rings is 1. The monoisotopic (exact) mass is 461 g/mol. The first kappa shape index (κ1) is 22.5. The van der Waals surface area contributed by atoms with E-state index in [2.05, 4.69) is 15.3 Å². The van der Waals surface area contributed by atoms with Gasteiger partial charge in [-0.1, -0.05) is 0 Å². The highest BCUT2D eigenvalue weighted by Gasteiger charge is 2.17. The van der Waals surface area contributed by atoms with Crippen molar-refractivity contribution < 1.29 is 23.5 Å². The van der Waals surface area contributed by atoms with Gasteiger partial charge in [0.2, 0.25) is 5.91 Å². The Kier molecular flexibility index (Phi) is 6.22. The van der Waals surface area contributed by atoms with Crippen LogP contribution >= 0.6 is 0 Å². The van der Waals surface area contributed by atoms with Gasteiger partial charge in [0.25, 0.3) is 5.91 Å². The Hall–Kier alpha value is -4.73. The molecule has 0 aliphatic rings. The lowest BCUT2D eigenvalue weighted by Crippen LogP contribution is -2.11. The van der Waals surface area contributed by atoms with Gasteiger partial charge in [-0.15, -0.1) is 0 Å². The number of aromatic nitrogens is 3. The molecule has 10 heteroatoms. The van der Waals surface area contributed by atoms with Crippen molar-refractivity contribution in [3.63, 3.8) is 0 Å². The number of methoxy groups -OCH3 is 1. The van der Waals surface area contributed by atoms with Gasteiger partial charge >= 0.3 is 0 Å². The van der Waals surface area contributed by atoms with E-state index in [1.165, 1.54) is 43.6 Å². The lowest BCUT2D eigenvalue weighted by Gasteiger charge is -2.11. The third-order valence-corrected chi connectivity index (χ3v) is 4.76. The summed E-state index contributed by atoms with van der Waals surface area (Å²) in [7, 11) is 1.56. The minimum Gasteiger partial charge on any atom is -0.497 e. The van der Waals surface area contributed by atoms with Crippen molar-refractivity contribution >= 4 is 17.6 Å². The Morgan fingerprint density at radius 1 is 1.06 bits per heavy atom. The maximum absolute atomic E-state index is 15.0. The molecule has 0 saturated carbocycles. The van der Waals surface area contributed by atoms with E-state index in [1.54, 1.807) is 42.0 Å². The van der Waals surface area contributed by atoms with Gasteiger partial charge in [0.15, 0.2) is 11.6 Å². The van der Waals surface area contributed by atoms with E-state index in [0.717, 1.165) is 0 Å². The molecular weight excluding hydrogens is 441 g/mol. The van der Waals surface area contributed by atoms with E-state index < -0.39 is 11.7 Å². The fourth-order valence-corrected chi connectivity index (χ4v) is 3.22. The number of carbonyl (C=O) groups excluding carboxylic acids is 2. The zero-order valence-corrected chi connectivity index (χ0v) is 18.3. The van der Waals surface area contributed by atoms with Gasteiger partial charge in [0.1, 0.15) is 28.8 Å². The molecule has 0 radical (unpaired) electrons. The number of pyridine rings is 1. The van der Waals surface area contributed by atoms with E-state index in [9.17, 15) is 14.0 Å². The van der Waals surface area contributed by atoms with Crippen molar-refractivity contribution in [2.45, 2.75) is 6.92 Å². The largest absolute Gasteiger partial charge is 0.497 e. The van der Waals surface area contributed by atoms with Crippen molar-refractivity contribution in [3.8, 4) is 34.3 Å². The van der Waals surface area contributed by atoms with Crippen LogP contribution in [-0.4, -0.2) is 33.5 Å². The summed E-state index contributed by atoms with van der Waals surface area (Å²) in [5.41, 5.74) is 6.54. The summed E-state index contributed by atoms with van der Waals surface area (Å²) in [6.45, 7) is 1.35. The topological polar surface area (TPSA) is 121 Å². The number of ether oxygens (including phenoxy) is 2. The summed E-state index contributed by atoms with van der Waals surface area (Å²) in [5, 5.41) is 2.54. The molecule has 0 spiro atoms. The zero-order valence-electron chi connectivity index (χ0n) is 18.3. The standard InChI is InChI=1S/C24H20FN5O4/c1-14(31)28-22-12-18(9-10-27-22)34-21-8-3-15(11-19(21)25)24-29-20(23(26)32)13-30(24)16-4-6-17(33-2)7-5-16/h3-13H,1-2H3,(H2,26,32)(H,27,28,31). The molecule has 0 fully saturated rings. The molecule has 2 heterocycles. The Morgan fingerprint density at radius 3 is 2.47 bits per heavy atom. The smallest absolute Gasteiger partial charge is 0.268 e. The molecule has 34 heavy (non-hydrogen) atoms. The molecular formula is C24H20FN5O4. The van der Waals surface area contributed by atoms with Crippen LogP contribution in [0, 0.1) is 5.82 Å². The lowest BCUT2D eigenvalue weighted by molar-refractivity contribution is -0.114. The minimum absolute atomic E-state index is 0.0360. The molecule has 2 aromatic carbocycles. The normalized spacial score (nSPS) is 10.6. The van der Waals surface area contributed by atoms with Crippen LogP contribution in [0.2, 0.25) is 0 Å². The first-order valence-electron chi connectivity index (χ1n) is 10.1. The maximum Gasteiger partial charge on any atom is 0.268 e. The summed E-state index contributed by atoms with van der Waals surface area (Å²) >= 11 is 0. The number of carbonyl (C=O) groups is 2. The summed E-state index contributed by atoms with van der Waals surface area (Å²) in [4.78, 5) is 31.3.